The molecule has 1 aromatic heterocycles. The molecule has 1 aliphatic heterocycles. The van der Waals surface area contributed by atoms with E-state index in [0.29, 0.717) is 23.0 Å². The smallest absolute Gasteiger partial charge is 0.287 e. The predicted molar refractivity (Wildman–Crippen MR) is 106 cm³/mol. The van der Waals surface area contributed by atoms with Gasteiger partial charge in [0.15, 0.2) is 0 Å². The van der Waals surface area contributed by atoms with Gasteiger partial charge in [0.1, 0.15) is 5.02 Å². The summed E-state index contributed by atoms with van der Waals surface area (Å²) < 4.78 is 1.45. The second-order valence-electron chi connectivity index (χ2n) is 9.13. The summed E-state index contributed by atoms with van der Waals surface area (Å²) in [5, 5.41) is 4.73. The fraction of sp³-hybridized carbons (Fsp3) is 0.524. The van der Waals surface area contributed by atoms with Gasteiger partial charge in [-0.2, -0.15) is 5.10 Å². The van der Waals surface area contributed by atoms with E-state index in [1.165, 1.54) is 17.5 Å². The van der Waals surface area contributed by atoms with E-state index in [4.69, 9.17) is 11.6 Å². The molecule has 2 bridgehead atoms. The molecule has 2 aliphatic rings. The van der Waals surface area contributed by atoms with E-state index < -0.39 is 0 Å². The van der Waals surface area contributed by atoms with Gasteiger partial charge in [-0.3, -0.25) is 4.79 Å². The number of anilines is 1. The maximum Gasteiger partial charge on any atom is 0.287 e. The summed E-state index contributed by atoms with van der Waals surface area (Å²) in [5.41, 5.74) is 2.24. The monoisotopic (exact) mass is 371 g/mol. The lowest BCUT2D eigenvalue weighted by molar-refractivity contribution is 0.136. The summed E-state index contributed by atoms with van der Waals surface area (Å²) in [4.78, 5) is 15.1. The van der Waals surface area contributed by atoms with Crippen LogP contribution in [0.15, 0.2) is 41.3 Å². The zero-order valence-corrected chi connectivity index (χ0v) is 16.5. The highest BCUT2D eigenvalue weighted by Crippen LogP contribution is 2.53. The van der Waals surface area contributed by atoms with Crippen molar-refractivity contribution in [3.8, 4) is 0 Å². The van der Waals surface area contributed by atoms with Crippen LogP contribution in [0.5, 0.6) is 0 Å². The Hall–Kier alpha value is -1.81. The van der Waals surface area contributed by atoms with Gasteiger partial charge in [0.05, 0.1) is 18.4 Å². The SMILES string of the molecule is CC1(C)CC2CC(C)(CN2c2cnn(Cc3ccccc3)c(=O)c2Cl)C1. The molecule has 2 heterocycles. The standard InChI is InChI=1S/C21H26ClN3O/c1-20(2)9-16-10-21(3,13-20)14-24(16)17-11-23-25(19(26)18(17)22)12-15-7-5-4-6-8-15/h4-8,11,16H,9-10,12-14H2,1-3H3. The van der Waals surface area contributed by atoms with Crippen molar-refractivity contribution in [3.05, 3.63) is 57.5 Å². The van der Waals surface area contributed by atoms with Crippen molar-refractivity contribution in [2.75, 3.05) is 11.4 Å². The van der Waals surface area contributed by atoms with Gasteiger partial charge in [0, 0.05) is 12.6 Å². The highest BCUT2D eigenvalue weighted by atomic mass is 35.5. The highest BCUT2D eigenvalue weighted by Gasteiger charge is 2.50. The molecular weight excluding hydrogens is 346 g/mol. The van der Waals surface area contributed by atoms with E-state index in [2.05, 4.69) is 30.8 Å². The second-order valence-corrected chi connectivity index (χ2v) is 9.51. The van der Waals surface area contributed by atoms with Gasteiger partial charge in [0.25, 0.3) is 5.56 Å². The summed E-state index contributed by atoms with van der Waals surface area (Å²) in [5.74, 6) is 0. The van der Waals surface area contributed by atoms with Gasteiger partial charge in [-0.1, -0.05) is 62.7 Å². The zero-order valence-electron chi connectivity index (χ0n) is 15.7. The van der Waals surface area contributed by atoms with Gasteiger partial charge in [-0.25, -0.2) is 4.68 Å². The number of hydrogen-bond acceptors (Lipinski definition) is 3. The van der Waals surface area contributed by atoms with E-state index >= 15 is 0 Å². The number of fused-ring (bicyclic) bond motifs is 2. The number of aromatic nitrogens is 2. The van der Waals surface area contributed by atoms with Crippen molar-refractivity contribution in [1.29, 1.82) is 0 Å². The Morgan fingerprint density at radius 1 is 1.19 bits per heavy atom. The number of halogens is 1. The average molecular weight is 372 g/mol. The molecule has 2 atom stereocenters. The number of hydrogen-bond donors (Lipinski definition) is 0. The average Bonchev–Trinajstić information content (AvgIpc) is 2.82. The van der Waals surface area contributed by atoms with Crippen LogP contribution >= 0.6 is 11.6 Å². The molecule has 4 rings (SSSR count). The minimum absolute atomic E-state index is 0.209. The van der Waals surface area contributed by atoms with E-state index in [9.17, 15) is 4.79 Å². The van der Waals surface area contributed by atoms with Crippen molar-refractivity contribution >= 4 is 17.3 Å². The number of benzene rings is 1. The van der Waals surface area contributed by atoms with Gasteiger partial charge in [0.2, 0.25) is 0 Å². The summed E-state index contributed by atoms with van der Waals surface area (Å²) in [6.45, 7) is 8.44. The molecule has 0 spiro atoms. The first-order valence-electron chi connectivity index (χ1n) is 9.33. The molecular formula is C21H26ClN3O. The lowest BCUT2D eigenvalue weighted by atomic mass is 9.65. The van der Waals surface area contributed by atoms with Crippen molar-refractivity contribution in [2.45, 2.75) is 52.6 Å². The molecule has 0 N–H and O–H groups in total. The third-order valence-corrected chi connectivity index (χ3v) is 6.22. The van der Waals surface area contributed by atoms with E-state index in [1.54, 1.807) is 6.20 Å². The molecule has 0 radical (unpaired) electrons. The summed E-state index contributed by atoms with van der Waals surface area (Å²) in [6.07, 6.45) is 5.29. The third kappa shape index (κ3) is 3.16. The molecule has 2 aromatic rings. The Morgan fingerprint density at radius 2 is 1.92 bits per heavy atom. The highest BCUT2D eigenvalue weighted by molar-refractivity contribution is 6.33. The van der Waals surface area contributed by atoms with Crippen molar-refractivity contribution in [1.82, 2.24) is 9.78 Å². The number of nitrogens with zero attached hydrogens (tertiary/aromatic N) is 3. The minimum Gasteiger partial charge on any atom is -0.365 e. The van der Waals surface area contributed by atoms with Crippen molar-refractivity contribution in [2.24, 2.45) is 10.8 Å². The Bertz CT molecular complexity index is 877. The molecule has 1 aliphatic carbocycles. The summed E-state index contributed by atoms with van der Waals surface area (Å²) in [7, 11) is 0. The molecule has 4 nitrogen and oxygen atoms in total. The van der Waals surface area contributed by atoms with E-state index in [0.717, 1.165) is 24.2 Å². The van der Waals surface area contributed by atoms with Crippen LogP contribution in [0, 0.1) is 10.8 Å². The van der Waals surface area contributed by atoms with Crippen LogP contribution in [0.3, 0.4) is 0 Å². The third-order valence-electron chi connectivity index (χ3n) is 5.87. The Kier molecular flexibility index (Phi) is 4.14. The lowest BCUT2D eigenvalue weighted by Gasteiger charge is -2.39. The molecule has 5 heteroatoms. The first-order chi connectivity index (χ1) is 12.3. The molecule has 1 saturated carbocycles. The molecule has 1 saturated heterocycles. The van der Waals surface area contributed by atoms with E-state index in [-0.39, 0.29) is 11.0 Å². The molecule has 1 aromatic carbocycles. The van der Waals surface area contributed by atoms with Crippen molar-refractivity contribution < 1.29 is 0 Å². The Labute approximate surface area is 159 Å². The number of rotatable bonds is 3. The van der Waals surface area contributed by atoms with Gasteiger partial charge < -0.3 is 4.90 Å². The Balaban J connectivity index is 1.65. The van der Waals surface area contributed by atoms with Crippen molar-refractivity contribution in [3.63, 3.8) is 0 Å². The Morgan fingerprint density at radius 3 is 2.65 bits per heavy atom. The lowest BCUT2D eigenvalue weighted by Crippen LogP contribution is -2.36. The quantitative estimate of drug-likeness (QED) is 0.805. The first kappa shape index (κ1) is 17.6. The zero-order chi connectivity index (χ0) is 18.5. The predicted octanol–water partition coefficient (Wildman–Crippen LogP) is 4.35. The fourth-order valence-electron chi connectivity index (χ4n) is 5.27. The molecule has 0 amide bonds. The van der Waals surface area contributed by atoms with Crippen LogP contribution in [0.4, 0.5) is 5.69 Å². The summed E-state index contributed by atoms with van der Waals surface area (Å²) in [6, 6.07) is 10.3. The van der Waals surface area contributed by atoms with Gasteiger partial charge >= 0.3 is 0 Å². The van der Waals surface area contributed by atoms with Gasteiger partial charge in [-0.05, 0) is 35.7 Å². The summed E-state index contributed by atoms with van der Waals surface area (Å²) >= 11 is 6.54. The molecule has 138 valence electrons. The van der Waals surface area contributed by atoms with Crippen LogP contribution in [0.25, 0.3) is 0 Å². The van der Waals surface area contributed by atoms with Crippen LogP contribution in [-0.2, 0) is 6.54 Å². The van der Waals surface area contributed by atoms with Crippen LogP contribution in [0.1, 0.15) is 45.6 Å². The minimum atomic E-state index is -0.209. The normalized spacial score (nSPS) is 26.9. The topological polar surface area (TPSA) is 38.1 Å². The largest absolute Gasteiger partial charge is 0.365 e. The van der Waals surface area contributed by atoms with E-state index in [1.807, 2.05) is 30.3 Å². The van der Waals surface area contributed by atoms with Gasteiger partial charge in [-0.15, -0.1) is 0 Å². The van der Waals surface area contributed by atoms with Crippen LogP contribution in [0.2, 0.25) is 5.02 Å². The molecule has 26 heavy (non-hydrogen) atoms. The first-order valence-corrected chi connectivity index (χ1v) is 9.70. The molecule has 2 unspecified atom stereocenters. The second kappa shape index (κ2) is 6.12. The maximum atomic E-state index is 12.8. The van der Waals surface area contributed by atoms with Crippen LogP contribution in [-0.4, -0.2) is 22.4 Å². The van der Waals surface area contributed by atoms with Crippen LogP contribution < -0.4 is 10.5 Å². The maximum absolute atomic E-state index is 12.8. The molecule has 2 fully saturated rings. The fourth-order valence-corrected chi connectivity index (χ4v) is 5.52.